The number of aliphatic hydroxyl groups excluding tert-OH is 1. The van der Waals surface area contributed by atoms with E-state index in [2.05, 4.69) is 6.92 Å². The number of hydrogen-bond acceptors (Lipinski definition) is 8. The molecule has 0 radical (unpaired) electrons. The first-order chi connectivity index (χ1) is 22.9. The van der Waals surface area contributed by atoms with Gasteiger partial charge in [-0.2, -0.15) is 4.31 Å². The second-order valence-electron chi connectivity index (χ2n) is 12.8. The number of fused-ring (bicyclic) bond motifs is 1. The molecule has 0 bridgehead atoms. The molecule has 6 rings (SSSR count). The van der Waals surface area contributed by atoms with Crippen LogP contribution in [0.2, 0.25) is 0 Å². The number of rotatable bonds is 15. The van der Waals surface area contributed by atoms with E-state index in [1.165, 1.54) is 6.42 Å². The van der Waals surface area contributed by atoms with Gasteiger partial charge in [0, 0.05) is 11.6 Å². The van der Waals surface area contributed by atoms with Crippen molar-refractivity contribution in [1.82, 2.24) is 4.31 Å². The molecular weight excluding hydrogens is 618 g/mol. The molecule has 3 aliphatic rings. The van der Waals surface area contributed by atoms with Gasteiger partial charge < -0.3 is 28.8 Å². The topological polar surface area (TPSA) is 104 Å². The first-order valence-corrected chi connectivity index (χ1v) is 18.3. The fraction of sp³-hybridized carbons (Fsp3) is 0.514. The van der Waals surface area contributed by atoms with E-state index in [1.807, 2.05) is 79.7 Å². The van der Waals surface area contributed by atoms with E-state index in [9.17, 15) is 13.5 Å². The summed E-state index contributed by atoms with van der Waals surface area (Å²) in [4.78, 5) is 0.275. The lowest BCUT2D eigenvalue weighted by molar-refractivity contribution is -0.366. The van der Waals surface area contributed by atoms with Crippen LogP contribution in [-0.2, 0) is 40.3 Å². The molecule has 47 heavy (non-hydrogen) atoms. The van der Waals surface area contributed by atoms with Crippen LogP contribution in [0.5, 0.6) is 0 Å². The van der Waals surface area contributed by atoms with Crippen LogP contribution in [0.25, 0.3) is 0 Å². The lowest BCUT2D eigenvalue weighted by Crippen LogP contribution is -2.63. The quantitative estimate of drug-likeness (QED) is 0.158. The van der Waals surface area contributed by atoms with Crippen molar-refractivity contribution in [3.05, 3.63) is 102 Å². The van der Waals surface area contributed by atoms with Crippen molar-refractivity contribution in [2.45, 2.75) is 113 Å². The summed E-state index contributed by atoms with van der Waals surface area (Å²) in [6.07, 6.45) is 1.45. The van der Waals surface area contributed by atoms with Crippen LogP contribution in [0.3, 0.4) is 0 Å². The van der Waals surface area contributed by atoms with Gasteiger partial charge in [-0.15, -0.1) is 0 Å². The van der Waals surface area contributed by atoms with Gasteiger partial charge in [0.2, 0.25) is 10.0 Å². The number of hydrogen-bond donors (Lipinski definition) is 1. The molecule has 0 spiro atoms. The minimum Gasteiger partial charge on any atom is -0.385 e. The smallest absolute Gasteiger partial charge is 0.243 e. The average Bonchev–Trinajstić information content (AvgIpc) is 3.81. The summed E-state index contributed by atoms with van der Waals surface area (Å²) in [7, 11) is -3.71. The summed E-state index contributed by atoms with van der Waals surface area (Å²) < 4.78 is 60.3. The van der Waals surface area contributed by atoms with E-state index in [0.29, 0.717) is 0 Å². The van der Waals surface area contributed by atoms with Crippen molar-refractivity contribution in [3.63, 3.8) is 0 Å². The second-order valence-corrected chi connectivity index (χ2v) is 14.6. The molecule has 3 heterocycles. The van der Waals surface area contributed by atoms with Crippen molar-refractivity contribution in [1.29, 1.82) is 0 Å². The Balaban J connectivity index is 1.15. The van der Waals surface area contributed by atoms with E-state index in [-0.39, 0.29) is 36.8 Å². The fourth-order valence-electron chi connectivity index (χ4n) is 6.59. The van der Waals surface area contributed by atoms with E-state index in [0.717, 1.165) is 48.8 Å². The van der Waals surface area contributed by atoms with Crippen LogP contribution in [0.1, 0.15) is 68.4 Å². The molecule has 3 saturated heterocycles. The zero-order valence-corrected chi connectivity index (χ0v) is 28.0. The monoisotopic (exact) mass is 665 g/mol. The Bertz CT molecular complexity index is 1510. The molecule has 0 aromatic heterocycles. The van der Waals surface area contributed by atoms with Gasteiger partial charge in [0.25, 0.3) is 0 Å². The minimum atomic E-state index is -3.71. The van der Waals surface area contributed by atoms with E-state index in [4.69, 9.17) is 23.7 Å². The third-order valence-electron chi connectivity index (χ3n) is 9.30. The van der Waals surface area contributed by atoms with Crippen molar-refractivity contribution < 1.29 is 37.2 Å². The Labute approximate surface area is 278 Å². The third-order valence-corrected chi connectivity index (χ3v) is 11.3. The first kappa shape index (κ1) is 34.2. The molecule has 3 aliphatic heterocycles. The molecular formula is C37H47NO8S. The van der Waals surface area contributed by atoms with Gasteiger partial charge in [-0.1, -0.05) is 117 Å². The number of aryl methyl sites for hydroxylation is 1. The fourth-order valence-corrected chi connectivity index (χ4v) is 8.42. The molecule has 3 fully saturated rings. The van der Waals surface area contributed by atoms with E-state index in [1.54, 1.807) is 16.4 Å². The van der Waals surface area contributed by atoms with Gasteiger partial charge in [0.05, 0.1) is 30.8 Å². The van der Waals surface area contributed by atoms with Gasteiger partial charge in [-0.3, -0.25) is 0 Å². The predicted molar refractivity (Wildman–Crippen MR) is 177 cm³/mol. The summed E-state index contributed by atoms with van der Waals surface area (Å²) in [6.45, 7) is 4.69. The van der Waals surface area contributed by atoms with Crippen LogP contribution >= 0.6 is 0 Å². The Morgan fingerprint density at radius 3 is 2.28 bits per heavy atom. The van der Waals surface area contributed by atoms with E-state index < -0.39 is 47.0 Å². The Kier molecular flexibility index (Phi) is 11.4. The SMILES string of the molecule is CCCCCCCC1C(CO[C@@H]2O[C@@H]3CO[C@H](c4ccccc4)O[C@@H]3[C@H](OCc3ccccc3)[C@H]2O)N1S(=O)(=O)c1ccc(C)cc1. The highest BCUT2D eigenvalue weighted by Gasteiger charge is 2.56. The zero-order chi connectivity index (χ0) is 32.8. The van der Waals surface area contributed by atoms with Crippen LogP contribution in [-0.4, -0.2) is 73.8 Å². The Hall–Kier alpha value is -2.67. The van der Waals surface area contributed by atoms with Crippen LogP contribution in [0.4, 0.5) is 0 Å². The van der Waals surface area contributed by atoms with Crippen LogP contribution < -0.4 is 0 Å². The molecule has 1 N–H and O–H groups in total. The standard InChI is InChI=1S/C37H47NO8S/c1-3-4-5-6-13-18-30-31(38(30)47(40,41)29-21-19-26(2)20-22-29)24-43-37-33(39)35(42-23-27-14-9-7-10-15-27)34-32(45-37)25-44-36(46-34)28-16-11-8-12-17-28/h7-12,14-17,19-22,30-37,39H,3-6,13,18,23-25H2,1-2H3/t30?,31?,32-,33-,34+,35-,36+,37-,38?/m1/s1. The van der Waals surface area contributed by atoms with Crippen LogP contribution in [0.15, 0.2) is 89.8 Å². The number of unbranched alkanes of at least 4 members (excludes halogenated alkanes) is 4. The summed E-state index contributed by atoms with van der Waals surface area (Å²) in [6, 6.07) is 25.8. The maximum atomic E-state index is 13.7. The van der Waals surface area contributed by atoms with Gasteiger partial charge in [-0.25, -0.2) is 8.42 Å². The van der Waals surface area contributed by atoms with Crippen molar-refractivity contribution in [2.75, 3.05) is 13.2 Å². The molecule has 10 heteroatoms. The number of aliphatic hydroxyl groups is 1. The molecule has 3 unspecified atom stereocenters. The highest BCUT2D eigenvalue weighted by molar-refractivity contribution is 7.89. The lowest BCUT2D eigenvalue weighted by atomic mass is 9.97. The summed E-state index contributed by atoms with van der Waals surface area (Å²) in [5, 5.41) is 11.6. The predicted octanol–water partition coefficient (Wildman–Crippen LogP) is 5.90. The van der Waals surface area contributed by atoms with Gasteiger partial charge in [-0.05, 0) is 31.0 Å². The van der Waals surface area contributed by atoms with Gasteiger partial charge >= 0.3 is 0 Å². The molecule has 9 atom stereocenters. The highest BCUT2D eigenvalue weighted by Crippen LogP contribution is 2.41. The molecule has 3 aromatic rings. The molecule has 0 saturated carbocycles. The molecule has 9 nitrogen and oxygen atoms in total. The van der Waals surface area contributed by atoms with Crippen molar-refractivity contribution in [2.24, 2.45) is 0 Å². The Morgan fingerprint density at radius 1 is 0.851 bits per heavy atom. The Morgan fingerprint density at radius 2 is 1.55 bits per heavy atom. The summed E-state index contributed by atoms with van der Waals surface area (Å²) in [5.74, 6) is 0. The zero-order valence-electron chi connectivity index (χ0n) is 27.2. The van der Waals surface area contributed by atoms with E-state index >= 15 is 0 Å². The lowest BCUT2D eigenvalue weighted by Gasteiger charge is -2.47. The maximum Gasteiger partial charge on any atom is 0.243 e. The summed E-state index contributed by atoms with van der Waals surface area (Å²) in [5.41, 5.74) is 2.83. The number of sulfonamides is 1. The largest absolute Gasteiger partial charge is 0.385 e. The number of nitrogens with zero attached hydrogens (tertiary/aromatic N) is 1. The first-order valence-electron chi connectivity index (χ1n) is 16.9. The summed E-state index contributed by atoms with van der Waals surface area (Å²) >= 11 is 0. The van der Waals surface area contributed by atoms with Gasteiger partial charge in [0.1, 0.15) is 24.4 Å². The minimum absolute atomic E-state index is 0.0869. The maximum absolute atomic E-state index is 13.7. The molecule has 0 amide bonds. The van der Waals surface area contributed by atoms with Crippen molar-refractivity contribution >= 4 is 10.0 Å². The normalized spacial score (nSPS) is 30.5. The van der Waals surface area contributed by atoms with Gasteiger partial charge in [0.15, 0.2) is 12.6 Å². The molecule has 0 aliphatic carbocycles. The average molecular weight is 666 g/mol. The van der Waals surface area contributed by atoms with Crippen LogP contribution in [0, 0.1) is 6.92 Å². The third kappa shape index (κ3) is 8.14. The number of ether oxygens (including phenoxy) is 5. The second kappa shape index (κ2) is 15.7. The molecule has 254 valence electrons. The van der Waals surface area contributed by atoms with Crippen molar-refractivity contribution in [3.8, 4) is 0 Å². The molecule has 3 aromatic carbocycles. The number of benzene rings is 3. The highest BCUT2D eigenvalue weighted by atomic mass is 32.2.